The van der Waals surface area contributed by atoms with Crippen LogP contribution in [0.4, 0.5) is 0 Å². The van der Waals surface area contributed by atoms with Gasteiger partial charge in [-0.25, -0.2) is 4.79 Å². The molecule has 0 fully saturated rings. The highest BCUT2D eigenvalue weighted by Crippen LogP contribution is 2.51. The zero-order valence-electron chi connectivity index (χ0n) is 16.3. The smallest absolute Gasteiger partial charge is 0.337 e. The second-order valence-electron chi connectivity index (χ2n) is 8.36. The third kappa shape index (κ3) is 3.43. The average Bonchev–Trinajstić information content (AvgIpc) is 2.97. The third-order valence-electron chi connectivity index (χ3n) is 6.71. The Labute approximate surface area is 151 Å². The van der Waals surface area contributed by atoms with Crippen LogP contribution in [0.15, 0.2) is 22.8 Å². The van der Waals surface area contributed by atoms with Crippen LogP contribution in [0.5, 0.6) is 0 Å². The molecule has 2 bridgehead atoms. The number of rotatable bonds is 1. The molecular weight excluding hydrogens is 316 g/mol. The first kappa shape index (κ1) is 18.7. The Balaban J connectivity index is 2.02. The first-order valence-corrected chi connectivity index (χ1v) is 9.61. The third-order valence-corrected chi connectivity index (χ3v) is 6.71. The van der Waals surface area contributed by atoms with E-state index in [1.54, 1.807) is 7.11 Å². The van der Waals surface area contributed by atoms with Gasteiger partial charge in [0.1, 0.15) is 6.61 Å². The molecule has 0 aromatic rings. The second kappa shape index (κ2) is 7.24. The number of cyclic esters (lactones) is 1. The van der Waals surface area contributed by atoms with Gasteiger partial charge in [-0.2, -0.15) is 0 Å². The van der Waals surface area contributed by atoms with Crippen molar-refractivity contribution in [3.8, 4) is 0 Å². The number of carbonyl (C=O) groups is 1. The maximum absolute atomic E-state index is 12.5. The zero-order valence-corrected chi connectivity index (χ0v) is 16.3. The minimum atomic E-state index is -0.293. The number of hydrogen-bond acceptors (Lipinski definition) is 4. The maximum Gasteiger partial charge on any atom is 0.337 e. The van der Waals surface area contributed by atoms with Gasteiger partial charge in [-0.05, 0) is 55.9 Å². The fourth-order valence-corrected chi connectivity index (χ4v) is 4.60. The predicted molar refractivity (Wildman–Crippen MR) is 96.9 cm³/mol. The van der Waals surface area contributed by atoms with Crippen molar-refractivity contribution in [3.05, 3.63) is 22.8 Å². The van der Waals surface area contributed by atoms with Crippen LogP contribution in [0.1, 0.15) is 59.8 Å². The van der Waals surface area contributed by atoms with E-state index in [0.717, 1.165) is 43.3 Å². The molecule has 0 saturated carbocycles. The monoisotopic (exact) mass is 348 g/mol. The van der Waals surface area contributed by atoms with E-state index in [0.29, 0.717) is 12.5 Å². The van der Waals surface area contributed by atoms with E-state index in [1.807, 2.05) is 0 Å². The van der Waals surface area contributed by atoms with E-state index in [4.69, 9.17) is 14.2 Å². The van der Waals surface area contributed by atoms with Crippen molar-refractivity contribution in [2.75, 3.05) is 13.7 Å². The zero-order chi connectivity index (χ0) is 18.2. The fourth-order valence-electron chi connectivity index (χ4n) is 4.60. The van der Waals surface area contributed by atoms with Crippen molar-refractivity contribution in [2.24, 2.45) is 17.3 Å². The fraction of sp³-hybridized carbons (Fsp3) is 0.762. The van der Waals surface area contributed by atoms with Crippen LogP contribution in [0.25, 0.3) is 0 Å². The van der Waals surface area contributed by atoms with Gasteiger partial charge in [0.05, 0.1) is 11.7 Å². The van der Waals surface area contributed by atoms with Crippen LogP contribution < -0.4 is 0 Å². The van der Waals surface area contributed by atoms with Crippen molar-refractivity contribution in [3.63, 3.8) is 0 Å². The molecule has 0 spiro atoms. The number of methoxy groups -OCH3 is 1. The maximum atomic E-state index is 12.5. The summed E-state index contributed by atoms with van der Waals surface area (Å²) < 4.78 is 17.4. The Hall–Kier alpha value is -1.13. The molecule has 0 aromatic heterocycles. The Morgan fingerprint density at radius 1 is 1.32 bits per heavy atom. The number of allylic oxidation sites excluding steroid dienone is 2. The molecule has 2 aliphatic heterocycles. The molecule has 3 rings (SSSR count). The Morgan fingerprint density at radius 3 is 2.80 bits per heavy atom. The molecule has 0 radical (unpaired) electrons. The lowest BCUT2D eigenvalue weighted by Crippen LogP contribution is -2.41. The lowest BCUT2D eigenvalue weighted by atomic mass is 9.62. The minimum absolute atomic E-state index is 0.00130. The molecule has 0 saturated heterocycles. The Morgan fingerprint density at radius 2 is 2.08 bits per heavy atom. The number of ether oxygens (including phenoxy) is 3. The molecule has 4 heteroatoms. The number of esters is 1. The van der Waals surface area contributed by atoms with Crippen LogP contribution in [0.3, 0.4) is 0 Å². The van der Waals surface area contributed by atoms with Crippen molar-refractivity contribution in [2.45, 2.75) is 72.2 Å². The van der Waals surface area contributed by atoms with E-state index in [1.165, 1.54) is 5.57 Å². The SMILES string of the molecule is CO[C@H]1O[C@@H]2C[C@@H](C)[C@](C)(CC/C(C)=C/CC[C@@H]1C)C1=C2C(=O)OC1. The van der Waals surface area contributed by atoms with Gasteiger partial charge in [0.25, 0.3) is 0 Å². The predicted octanol–water partition coefficient (Wildman–Crippen LogP) is 4.40. The first-order chi connectivity index (χ1) is 11.9. The van der Waals surface area contributed by atoms with Gasteiger partial charge in [0, 0.05) is 13.0 Å². The minimum Gasteiger partial charge on any atom is -0.458 e. The number of fused-ring (bicyclic) bond motifs is 5. The molecular formula is C21H32O4. The van der Waals surface area contributed by atoms with Gasteiger partial charge in [-0.1, -0.05) is 32.4 Å². The highest BCUT2D eigenvalue weighted by molar-refractivity contribution is 5.93. The molecule has 1 aliphatic carbocycles. The summed E-state index contributed by atoms with van der Waals surface area (Å²) in [6.07, 6.45) is 6.89. The summed E-state index contributed by atoms with van der Waals surface area (Å²) in [6, 6.07) is 0. The molecule has 4 nitrogen and oxygen atoms in total. The molecule has 5 atom stereocenters. The van der Waals surface area contributed by atoms with Gasteiger partial charge >= 0.3 is 5.97 Å². The van der Waals surface area contributed by atoms with Crippen LogP contribution in [-0.2, 0) is 19.0 Å². The van der Waals surface area contributed by atoms with Crippen molar-refractivity contribution >= 4 is 5.97 Å². The average molecular weight is 348 g/mol. The largest absolute Gasteiger partial charge is 0.458 e. The molecule has 0 aromatic carbocycles. The molecule has 3 aliphatic rings. The van der Waals surface area contributed by atoms with E-state index < -0.39 is 0 Å². The summed E-state index contributed by atoms with van der Waals surface area (Å²) in [4.78, 5) is 12.5. The van der Waals surface area contributed by atoms with Crippen LogP contribution in [0.2, 0.25) is 0 Å². The summed E-state index contributed by atoms with van der Waals surface area (Å²) in [5.41, 5.74) is 3.37. The summed E-state index contributed by atoms with van der Waals surface area (Å²) in [7, 11) is 1.69. The Bertz CT molecular complexity index is 591. The summed E-state index contributed by atoms with van der Waals surface area (Å²) in [5.74, 6) is 0.523. The molecule has 140 valence electrons. The highest BCUT2D eigenvalue weighted by atomic mass is 16.7. The topological polar surface area (TPSA) is 44.8 Å². The molecule has 0 unspecified atom stereocenters. The summed E-state index contributed by atoms with van der Waals surface area (Å²) >= 11 is 0. The lowest BCUT2D eigenvalue weighted by molar-refractivity contribution is -0.181. The van der Waals surface area contributed by atoms with E-state index >= 15 is 0 Å². The second-order valence-corrected chi connectivity index (χ2v) is 8.36. The van der Waals surface area contributed by atoms with E-state index in [2.05, 4.69) is 33.8 Å². The van der Waals surface area contributed by atoms with Crippen LogP contribution >= 0.6 is 0 Å². The van der Waals surface area contributed by atoms with E-state index in [9.17, 15) is 4.79 Å². The van der Waals surface area contributed by atoms with Crippen LogP contribution in [0, 0.1) is 17.3 Å². The highest BCUT2D eigenvalue weighted by Gasteiger charge is 2.49. The van der Waals surface area contributed by atoms with Gasteiger partial charge in [0.2, 0.25) is 0 Å². The van der Waals surface area contributed by atoms with Crippen molar-refractivity contribution in [1.82, 2.24) is 0 Å². The number of carbonyl (C=O) groups excluding carboxylic acids is 1. The van der Waals surface area contributed by atoms with Crippen LogP contribution in [-0.4, -0.2) is 32.1 Å². The van der Waals surface area contributed by atoms with Gasteiger partial charge in [0.15, 0.2) is 6.29 Å². The molecule has 0 amide bonds. The normalized spacial score (nSPS) is 42.0. The molecule has 0 N–H and O–H groups in total. The summed E-state index contributed by atoms with van der Waals surface area (Å²) in [6.45, 7) is 9.39. The Kier molecular flexibility index (Phi) is 5.40. The van der Waals surface area contributed by atoms with E-state index in [-0.39, 0.29) is 29.7 Å². The molecule has 2 heterocycles. The quantitative estimate of drug-likeness (QED) is 0.520. The van der Waals surface area contributed by atoms with Crippen molar-refractivity contribution < 1.29 is 19.0 Å². The van der Waals surface area contributed by atoms with Gasteiger partial charge in [-0.3, -0.25) is 0 Å². The summed E-state index contributed by atoms with van der Waals surface area (Å²) in [5, 5.41) is 0. The van der Waals surface area contributed by atoms with Gasteiger partial charge in [-0.15, -0.1) is 0 Å². The lowest BCUT2D eigenvalue weighted by Gasteiger charge is -2.44. The molecule has 25 heavy (non-hydrogen) atoms. The van der Waals surface area contributed by atoms with Crippen molar-refractivity contribution in [1.29, 1.82) is 0 Å². The van der Waals surface area contributed by atoms with Gasteiger partial charge < -0.3 is 14.2 Å². The standard InChI is InChI=1S/C21H32O4/c1-13-7-6-8-14(2)20(23-5)25-17-11-15(3)21(4,10-9-13)16-12-24-19(22)18(16)17/h7,14-15,17,20H,6,8-12H2,1-5H3/b13-7+/t14-,15+,17+,20-,21-/m0/s1. The number of hydrogen-bond donors (Lipinski definition) is 0. The first-order valence-electron chi connectivity index (χ1n) is 9.61.